The van der Waals surface area contributed by atoms with Crippen LogP contribution in [0.5, 0.6) is 0 Å². The van der Waals surface area contributed by atoms with E-state index in [4.69, 9.17) is 9.26 Å². The zero-order chi connectivity index (χ0) is 14.6. The average molecular weight is 275 g/mol. The van der Waals surface area contributed by atoms with Crippen LogP contribution in [-0.4, -0.2) is 24.3 Å². The maximum atomic E-state index is 5.35. The third-order valence-electron chi connectivity index (χ3n) is 3.45. The second kappa shape index (κ2) is 6.15. The highest BCUT2D eigenvalue weighted by molar-refractivity contribution is 5.19. The van der Waals surface area contributed by atoms with Gasteiger partial charge in [0, 0.05) is 19.6 Å². The molecule has 0 fully saturated rings. The predicted molar refractivity (Wildman–Crippen MR) is 76.3 cm³/mol. The highest BCUT2D eigenvalue weighted by atomic mass is 16.5. The first-order chi connectivity index (χ1) is 9.56. The van der Waals surface area contributed by atoms with Gasteiger partial charge in [0.05, 0.1) is 0 Å². The molecular formula is C15H21N3O2. The Morgan fingerprint density at radius 3 is 2.60 bits per heavy atom. The lowest BCUT2D eigenvalue weighted by atomic mass is 10.0. The van der Waals surface area contributed by atoms with Gasteiger partial charge in [0.15, 0.2) is 0 Å². The second-order valence-corrected chi connectivity index (χ2v) is 5.18. The summed E-state index contributed by atoms with van der Waals surface area (Å²) in [5, 5.41) is 7.27. The predicted octanol–water partition coefficient (Wildman–Crippen LogP) is 2.45. The summed E-state index contributed by atoms with van der Waals surface area (Å²) in [5.74, 6) is 1.17. The molecule has 20 heavy (non-hydrogen) atoms. The maximum absolute atomic E-state index is 5.35. The topological polar surface area (TPSA) is 60.2 Å². The molecule has 0 saturated carbocycles. The van der Waals surface area contributed by atoms with Gasteiger partial charge in [0.25, 0.3) is 0 Å². The molecule has 1 aromatic carbocycles. The van der Waals surface area contributed by atoms with E-state index in [0.717, 1.165) is 0 Å². The SMILES string of the molecule is CNC(Cc1nc(C(C)(C)OC)no1)c1ccccc1. The van der Waals surface area contributed by atoms with E-state index in [0.29, 0.717) is 18.1 Å². The smallest absolute Gasteiger partial charge is 0.228 e. The molecule has 2 aromatic rings. The van der Waals surface area contributed by atoms with Crippen molar-refractivity contribution in [2.45, 2.75) is 31.9 Å². The van der Waals surface area contributed by atoms with Crippen LogP contribution < -0.4 is 5.32 Å². The molecule has 0 aliphatic carbocycles. The third kappa shape index (κ3) is 3.23. The van der Waals surface area contributed by atoms with Crippen molar-refractivity contribution in [1.29, 1.82) is 0 Å². The number of hydrogen-bond donors (Lipinski definition) is 1. The Kier molecular flexibility index (Phi) is 4.52. The van der Waals surface area contributed by atoms with Gasteiger partial charge in [-0.1, -0.05) is 35.5 Å². The molecule has 1 N–H and O–H groups in total. The largest absolute Gasteiger partial charge is 0.371 e. The van der Waals surface area contributed by atoms with E-state index in [2.05, 4.69) is 27.6 Å². The molecule has 0 spiro atoms. The second-order valence-electron chi connectivity index (χ2n) is 5.18. The van der Waals surface area contributed by atoms with E-state index in [9.17, 15) is 0 Å². The minimum atomic E-state index is -0.538. The van der Waals surface area contributed by atoms with Crippen LogP contribution in [0.15, 0.2) is 34.9 Å². The van der Waals surface area contributed by atoms with Gasteiger partial charge in [-0.25, -0.2) is 0 Å². The number of ether oxygens (including phenoxy) is 1. The molecule has 0 radical (unpaired) electrons. The average Bonchev–Trinajstić information content (AvgIpc) is 2.95. The van der Waals surface area contributed by atoms with E-state index in [1.54, 1.807) is 7.11 Å². The fourth-order valence-corrected chi connectivity index (χ4v) is 1.92. The number of hydrogen-bond acceptors (Lipinski definition) is 5. The molecule has 1 atom stereocenters. The summed E-state index contributed by atoms with van der Waals surface area (Å²) in [6, 6.07) is 10.4. The summed E-state index contributed by atoms with van der Waals surface area (Å²) in [7, 11) is 3.56. The number of methoxy groups -OCH3 is 1. The summed E-state index contributed by atoms with van der Waals surface area (Å²) >= 11 is 0. The van der Waals surface area contributed by atoms with Gasteiger partial charge < -0.3 is 14.6 Å². The van der Waals surface area contributed by atoms with Crippen molar-refractivity contribution in [3.8, 4) is 0 Å². The van der Waals surface area contributed by atoms with Crippen LogP contribution in [0.4, 0.5) is 0 Å². The van der Waals surface area contributed by atoms with Gasteiger partial charge >= 0.3 is 0 Å². The Hall–Kier alpha value is -1.72. The molecule has 0 aliphatic rings. The van der Waals surface area contributed by atoms with Crippen LogP contribution in [0.25, 0.3) is 0 Å². The zero-order valence-electron chi connectivity index (χ0n) is 12.4. The van der Waals surface area contributed by atoms with Gasteiger partial charge in [0.2, 0.25) is 11.7 Å². The lowest BCUT2D eigenvalue weighted by Gasteiger charge is -2.17. The van der Waals surface area contributed by atoms with E-state index < -0.39 is 5.60 Å². The third-order valence-corrected chi connectivity index (χ3v) is 3.45. The zero-order valence-corrected chi connectivity index (χ0v) is 12.4. The Balaban J connectivity index is 2.13. The molecule has 0 amide bonds. The quantitative estimate of drug-likeness (QED) is 0.877. The summed E-state index contributed by atoms with van der Waals surface area (Å²) < 4.78 is 10.7. The molecule has 1 unspecified atom stereocenters. The first-order valence-corrected chi connectivity index (χ1v) is 6.67. The van der Waals surface area contributed by atoms with Gasteiger partial charge in [-0.2, -0.15) is 4.98 Å². The number of rotatable bonds is 6. The van der Waals surface area contributed by atoms with Crippen LogP contribution in [0.1, 0.15) is 37.2 Å². The molecule has 0 aliphatic heterocycles. The standard InChI is InChI=1S/C15H21N3O2/c1-15(2,19-4)14-17-13(20-18-14)10-12(16-3)11-8-6-5-7-9-11/h5-9,12,16H,10H2,1-4H3. The number of benzene rings is 1. The van der Waals surface area contributed by atoms with Crippen LogP contribution >= 0.6 is 0 Å². The summed E-state index contributed by atoms with van der Waals surface area (Å²) in [4.78, 5) is 4.42. The van der Waals surface area contributed by atoms with E-state index in [1.807, 2.05) is 39.1 Å². The van der Waals surface area contributed by atoms with Crippen molar-refractivity contribution in [2.75, 3.05) is 14.2 Å². The van der Waals surface area contributed by atoms with Crippen molar-refractivity contribution in [3.63, 3.8) is 0 Å². The summed E-state index contributed by atoms with van der Waals surface area (Å²) in [6.07, 6.45) is 0.646. The van der Waals surface area contributed by atoms with E-state index >= 15 is 0 Å². The molecule has 0 bridgehead atoms. The Labute approximate surface area is 119 Å². The fraction of sp³-hybridized carbons (Fsp3) is 0.467. The lowest BCUT2D eigenvalue weighted by Crippen LogP contribution is -2.22. The van der Waals surface area contributed by atoms with Crippen molar-refractivity contribution >= 4 is 0 Å². The monoisotopic (exact) mass is 275 g/mol. The number of nitrogens with one attached hydrogen (secondary N) is 1. The normalized spacial score (nSPS) is 13.4. The highest BCUT2D eigenvalue weighted by Gasteiger charge is 2.26. The van der Waals surface area contributed by atoms with Crippen LogP contribution in [0.2, 0.25) is 0 Å². The maximum Gasteiger partial charge on any atom is 0.228 e. The van der Waals surface area contributed by atoms with Crippen LogP contribution in [-0.2, 0) is 16.8 Å². The van der Waals surface area contributed by atoms with Crippen molar-refractivity contribution in [2.24, 2.45) is 0 Å². The van der Waals surface area contributed by atoms with Gasteiger partial charge in [-0.05, 0) is 26.5 Å². The summed E-state index contributed by atoms with van der Waals surface area (Å²) in [5.41, 5.74) is 0.657. The van der Waals surface area contributed by atoms with Crippen LogP contribution in [0, 0.1) is 0 Å². The first-order valence-electron chi connectivity index (χ1n) is 6.67. The Bertz CT molecular complexity index is 537. The summed E-state index contributed by atoms with van der Waals surface area (Å²) in [6.45, 7) is 3.82. The van der Waals surface area contributed by atoms with Crippen molar-refractivity contribution < 1.29 is 9.26 Å². The molecule has 0 saturated heterocycles. The van der Waals surface area contributed by atoms with Gasteiger partial charge in [-0.15, -0.1) is 0 Å². The molecule has 5 nitrogen and oxygen atoms in total. The Morgan fingerprint density at radius 1 is 1.30 bits per heavy atom. The number of likely N-dealkylation sites (N-methyl/N-ethyl adjacent to an activating group) is 1. The fourth-order valence-electron chi connectivity index (χ4n) is 1.92. The number of aromatic nitrogens is 2. The number of nitrogens with zero attached hydrogens (tertiary/aromatic N) is 2. The minimum Gasteiger partial charge on any atom is -0.371 e. The molecule has 1 aromatic heterocycles. The van der Waals surface area contributed by atoms with Crippen molar-refractivity contribution in [1.82, 2.24) is 15.5 Å². The van der Waals surface area contributed by atoms with Crippen molar-refractivity contribution in [3.05, 3.63) is 47.6 Å². The Morgan fingerprint density at radius 2 is 2.00 bits per heavy atom. The van der Waals surface area contributed by atoms with Gasteiger partial charge in [0.1, 0.15) is 5.60 Å². The van der Waals surface area contributed by atoms with E-state index in [-0.39, 0.29) is 6.04 Å². The molecule has 5 heteroatoms. The van der Waals surface area contributed by atoms with Crippen LogP contribution in [0.3, 0.4) is 0 Å². The molecular weight excluding hydrogens is 254 g/mol. The lowest BCUT2D eigenvalue weighted by molar-refractivity contribution is 0.00973. The molecule has 1 heterocycles. The van der Waals surface area contributed by atoms with E-state index in [1.165, 1.54) is 5.56 Å². The van der Waals surface area contributed by atoms with Gasteiger partial charge in [-0.3, -0.25) is 0 Å². The molecule has 2 rings (SSSR count). The highest BCUT2D eigenvalue weighted by Crippen LogP contribution is 2.22. The molecule has 108 valence electrons. The first kappa shape index (κ1) is 14.7. The minimum absolute atomic E-state index is 0.148.